The molecule has 5 atom stereocenters. The van der Waals surface area contributed by atoms with Gasteiger partial charge in [0.05, 0.1) is 0 Å². The van der Waals surface area contributed by atoms with Gasteiger partial charge in [0.2, 0.25) is 6.29 Å². The molecule has 0 aromatic carbocycles. The van der Waals surface area contributed by atoms with Crippen molar-refractivity contribution in [3.8, 4) is 0 Å². The molecule has 0 spiro atoms. The van der Waals surface area contributed by atoms with Crippen LogP contribution in [0.5, 0.6) is 0 Å². The van der Waals surface area contributed by atoms with Crippen LogP contribution in [0.3, 0.4) is 0 Å². The van der Waals surface area contributed by atoms with Gasteiger partial charge in [0.25, 0.3) is 0 Å². The molecule has 2 aliphatic rings. The van der Waals surface area contributed by atoms with Gasteiger partial charge in [-0.25, -0.2) is 4.99 Å². The van der Waals surface area contributed by atoms with Gasteiger partial charge in [0.15, 0.2) is 24.1 Å². The average molecular weight is 329 g/mol. The molecule has 128 valence electrons. The SMILES string of the molecule is CC(=O)OC[C@H]1OC2OC(C)=N[C@H]2[C@@H](OC(C)=O)[C@@H]1OC(C)=O. The lowest BCUT2D eigenvalue weighted by Crippen LogP contribution is -2.60. The van der Waals surface area contributed by atoms with E-state index in [0.29, 0.717) is 5.90 Å². The number of carbonyl (C=O) groups excluding carboxylic acids is 3. The first-order valence-electron chi connectivity index (χ1n) is 7.12. The highest BCUT2D eigenvalue weighted by Gasteiger charge is 2.53. The summed E-state index contributed by atoms with van der Waals surface area (Å²) in [6.45, 7) is 5.17. The van der Waals surface area contributed by atoms with E-state index in [1.807, 2.05) is 0 Å². The quantitative estimate of drug-likeness (QED) is 0.522. The molecule has 2 aliphatic heterocycles. The zero-order valence-electron chi connectivity index (χ0n) is 13.3. The monoisotopic (exact) mass is 329 g/mol. The Hall–Kier alpha value is -2.16. The molecule has 0 saturated carbocycles. The fourth-order valence-electron chi connectivity index (χ4n) is 2.53. The molecule has 2 rings (SSSR count). The molecule has 1 fully saturated rings. The maximum absolute atomic E-state index is 11.4. The minimum absolute atomic E-state index is 0.170. The summed E-state index contributed by atoms with van der Waals surface area (Å²) in [6, 6.07) is -0.656. The maximum atomic E-state index is 11.4. The average Bonchev–Trinajstić information content (AvgIpc) is 2.78. The number of aliphatic imine (C=N–C) groups is 1. The molecule has 0 radical (unpaired) electrons. The molecule has 9 heteroatoms. The lowest BCUT2D eigenvalue weighted by Gasteiger charge is -2.40. The van der Waals surface area contributed by atoms with Crippen LogP contribution in [0.4, 0.5) is 0 Å². The van der Waals surface area contributed by atoms with Gasteiger partial charge in [-0.3, -0.25) is 14.4 Å². The Labute approximate surface area is 132 Å². The van der Waals surface area contributed by atoms with Crippen LogP contribution in [0.1, 0.15) is 27.7 Å². The molecule has 1 saturated heterocycles. The van der Waals surface area contributed by atoms with Gasteiger partial charge < -0.3 is 23.7 Å². The highest BCUT2D eigenvalue weighted by atomic mass is 16.7. The number of esters is 3. The Kier molecular flexibility index (Phi) is 5.19. The largest absolute Gasteiger partial charge is 0.463 e. The Bertz CT molecular complexity index is 531. The van der Waals surface area contributed by atoms with E-state index < -0.39 is 48.6 Å². The summed E-state index contributed by atoms with van der Waals surface area (Å²) in [6.07, 6.45) is -3.50. The van der Waals surface area contributed by atoms with Gasteiger partial charge in [0.1, 0.15) is 12.7 Å². The Morgan fingerprint density at radius 1 is 1.04 bits per heavy atom. The highest BCUT2D eigenvalue weighted by Crippen LogP contribution is 2.32. The van der Waals surface area contributed by atoms with Crippen LogP contribution >= 0.6 is 0 Å². The third-order valence-electron chi connectivity index (χ3n) is 3.29. The van der Waals surface area contributed by atoms with Gasteiger partial charge in [-0.2, -0.15) is 0 Å². The summed E-state index contributed by atoms with van der Waals surface area (Å²) in [5, 5.41) is 0. The first-order chi connectivity index (χ1) is 10.8. The standard InChI is InChI=1S/C14H19NO8/c1-6-15-11-13(22-9(4)18)12(21-8(3)17)10(5-19-7(2)16)23-14(11)20-6/h10-14H,5H2,1-4H3/t10-,11+,12-,13-,14?/m1/s1. The minimum atomic E-state index is -0.963. The second kappa shape index (κ2) is 6.95. The molecule has 0 amide bonds. The number of hydrogen-bond acceptors (Lipinski definition) is 9. The molecule has 0 aromatic rings. The molecular formula is C14H19NO8. The number of rotatable bonds is 4. The molecular weight excluding hydrogens is 310 g/mol. The van der Waals surface area contributed by atoms with Crippen molar-refractivity contribution < 1.29 is 38.1 Å². The van der Waals surface area contributed by atoms with Crippen molar-refractivity contribution in [3.05, 3.63) is 0 Å². The van der Waals surface area contributed by atoms with Crippen molar-refractivity contribution in [3.63, 3.8) is 0 Å². The fraction of sp³-hybridized carbons (Fsp3) is 0.714. The summed E-state index contributed by atoms with van der Waals surface area (Å²) in [5.41, 5.74) is 0. The van der Waals surface area contributed by atoms with Crippen LogP contribution in [-0.4, -0.2) is 61.1 Å². The van der Waals surface area contributed by atoms with E-state index in [0.717, 1.165) is 0 Å². The molecule has 0 aromatic heterocycles. The smallest absolute Gasteiger partial charge is 0.303 e. The molecule has 23 heavy (non-hydrogen) atoms. The number of hydrogen-bond donors (Lipinski definition) is 0. The van der Waals surface area contributed by atoms with E-state index in [1.54, 1.807) is 6.92 Å². The van der Waals surface area contributed by atoms with Crippen molar-refractivity contribution in [2.45, 2.75) is 58.3 Å². The number of carbonyl (C=O) groups is 3. The summed E-state index contributed by atoms with van der Waals surface area (Å²) in [4.78, 5) is 38.1. The van der Waals surface area contributed by atoms with Gasteiger partial charge in [0, 0.05) is 27.7 Å². The van der Waals surface area contributed by atoms with E-state index in [-0.39, 0.29) is 6.61 Å². The van der Waals surface area contributed by atoms with Crippen molar-refractivity contribution in [2.75, 3.05) is 6.61 Å². The van der Waals surface area contributed by atoms with Crippen molar-refractivity contribution in [1.29, 1.82) is 0 Å². The Morgan fingerprint density at radius 3 is 2.22 bits per heavy atom. The van der Waals surface area contributed by atoms with E-state index in [9.17, 15) is 14.4 Å². The van der Waals surface area contributed by atoms with Gasteiger partial charge in [-0.05, 0) is 0 Å². The van der Waals surface area contributed by atoms with Gasteiger partial charge >= 0.3 is 17.9 Å². The molecule has 9 nitrogen and oxygen atoms in total. The van der Waals surface area contributed by atoms with Gasteiger partial charge in [-0.1, -0.05) is 0 Å². The number of ether oxygens (including phenoxy) is 5. The van der Waals surface area contributed by atoms with E-state index >= 15 is 0 Å². The van der Waals surface area contributed by atoms with Crippen LogP contribution in [0.2, 0.25) is 0 Å². The summed E-state index contributed by atoms with van der Waals surface area (Å²) < 4.78 is 26.5. The highest BCUT2D eigenvalue weighted by molar-refractivity contribution is 5.75. The second-order valence-electron chi connectivity index (χ2n) is 5.25. The van der Waals surface area contributed by atoms with E-state index in [4.69, 9.17) is 23.7 Å². The topological polar surface area (TPSA) is 110 Å². The van der Waals surface area contributed by atoms with Crippen molar-refractivity contribution in [1.82, 2.24) is 0 Å². The normalized spacial score (nSPS) is 32.2. The Balaban J connectivity index is 2.26. The van der Waals surface area contributed by atoms with Crippen molar-refractivity contribution >= 4 is 23.8 Å². The number of fused-ring (bicyclic) bond motifs is 1. The summed E-state index contributed by atoms with van der Waals surface area (Å²) >= 11 is 0. The molecule has 0 aliphatic carbocycles. The van der Waals surface area contributed by atoms with Crippen LogP contribution in [-0.2, 0) is 38.1 Å². The van der Waals surface area contributed by atoms with Crippen LogP contribution < -0.4 is 0 Å². The Morgan fingerprint density at radius 2 is 1.65 bits per heavy atom. The predicted octanol–water partition coefficient (Wildman–Crippen LogP) is -0.0450. The van der Waals surface area contributed by atoms with Crippen LogP contribution in [0, 0.1) is 0 Å². The molecule has 0 bridgehead atoms. The molecule has 2 heterocycles. The lowest BCUT2D eigenvalue weighted by molar-refractivity contribution is -0.249. The summed E-state index contributed by atoms with van der Waals surface area (Å²) in [7, 11) is 0. The zero-order chi connectivity index (χ0) is 17.1. The van der Waals surface area contributed by atoms with Crippen LogP contribution in [0.25, 0.3) is 0 Å². The molecule has 1 unspecified atom stereocenters. The third kappa shape index (κ3) is 4.19. The minimum Gasteiger partial charge on any atom is -0.463 e. The predicted molar refractivity (Wildman–Crippen MR) is 74.4 cm³/mol. The van der Waals surface area contributed by atoms with E-state index in [1.165, 1.54) is 20.8 Å². The lowest BCUT2D eigenvalue weighted by atomic mass is 9.97. The van der Waals surface area contributed by atoms with E-state index in [2.05, 4.69) is 4.99 Å². The first kappa shape index (κ1) is 17.2. The summed E-state index contributed by atoms with van der Waals surface area (Å²) in [5.74, 6) is -1.28. The first-order valence-corrected chi connectivity index (χ1v) is 7.12. The zero-order valence-corrected chi connectivity index (χ0v) is 13.3. The fourth-order valence-corrected chi connectivity index (χ4v) is 2.53. The second-order valence-corrected chi connectivity index (χ2v) is 5.25. The third-order valence-corrected chi connectivity index (χ3v) is 3.29. The maximum Gasteiger partial charge on any atom is 0.303 e. The van der Waals surface area contributed by atoms with Gasteiger partial charge in [-0.15, -0.1) is 0 Å². The number of nitrogens with zero attached hydrogens (tertiary/aromatic N) is 1. The van der Waals surface area contributed by atoms with Crippen molar-refractivity contribution in [2.24, 2.45) is 4.99 Å². The molecule has 0 N–H and O–H groups in total. The van der Waals surface area contributed by atoms with Crippen LogP contribution in [0.15, 0.2) is 4.99 Å².